The second-order valence-corrected chi connectivity index (χ2v) is 7.49. The van der Waals surface area contributed by atoms with Crippen molar-refractivity contribution in [1.29, 1.82) is 0 Å². The molecular weight excluding hydrogens is 288 g/mol. The summed E-state index contributed by atoms with van der Waals surface area (Å²) in [5.41, 5.74) is 3.44. The molecule has 0 saturated heterocycles. The summed E-state index contributed by atoms with van der Waals surface area (Å²) < 4.78 is 2.16. The van der Waals surface area contributed by atoms with Gasteiger partial charge in [0.05, 0.1) is 17.4 Å². The summed E-state index contributed by atoms with van der Waals surface area (Å²) in [6, 6.07) is 6.61. The molecule has 2 aromatic rings. The molecule has 23 heavy (non-hydrogen) atoms. The zero-order valence-corrected chi connectivity index (χ0v) is 14.8. The van der Waals surface area contributed by atoms with Gasteiger partial charge in [0.2, 0.25) is 0 Å². The van der Waals surface area contributed by atoms with Crippen LogP contribution in [0.25, 0.3) is 11.0 Å². The monoisotopic (exact) mass is 316 g/mol. The Morgan fingerprint density at radius 2 is 2.00 bits per heavy atom. The van der Waals surface area contributed by atoms with Crippen molar-refractivity contribution in [2.24, 2.45) is 5.41 Å². The summed E-state index contributed by atoms with van der Waals surface area (Å²) in [5.74, 6) is 0. The van der Waals surface area contributed by atoms with E-state index in [0.29, 0.717) is 19.1 Å². The Morgan fingerprint density at radius 3 is 2.65 bits per heavy atom. The van der Waals surface area contributed by atoms with Gasteiger partial charge in [0, 0.05) is 19.1 Å². The first-order chi connectivity index (χ1) is 10.8. The molecule has 2 amide bonds. The van der Waals surface area contributed by atoms with E-state index in [0.717, 1.165) is 17.5 Å². The summed E-state index contributed by atoms with van der Waals surface area (Å²) in [6.45, 7) is 11.9. The number of nitrogens with one attached hydrogen (secondary N) is 2. The zero-order chi connectivity index (χ0) is 17.0. The van der Waals surface area contributed by atoms with Crippen LogP contribution in [0.5, 0.6) is 0 Å². The quantitative estimate of drug-likeness (QED) is 0.887. The van der Waals surface area contributed by atoms with E-state index in [9.17, 15) is 4.79 Å². The topological polar surface area (TPSA) is 59.0 Å². The van der Waals surface area contributed by atoms with Gasteiger partial charge in [-0.25, -0.2) is 9.78 Å². The second kappa shape index (κ2) is 7.02. The Bertz CT molecular complexity index is 667. The van der Waals surface area contributed by atoms with Crippen LogP contribution in [-0.2, 0) is 6.42 Å². The van der Waals surface area contributed by atoms with Crippen molar-refractivity contribution >= 4 is 17.1 Å². The van der Waals surface area contributed by atoms with Gasteiger partial charge in [0.1, 0.15) is 0 Å². The highest BCUT2D eigenvalue weighted by molar-refractivity contribution is 5.76. The predicted octanol–water partition coefficient (Wildman–Crippen LogP) is 3.51. The predicted molar refractivity (Wildman–Crippen MR) is 94.7 cm³/mol. The fourth-order valence-corrected chi connectivity index (χ4v) is 2.37. The maximum absolute atomic E-state index is 11.7. The number of fused-ring (bicyclic) bond motifs is 1. The van der Waals surface area contributed by atoms with Gasteiger partial charge in [-0.1, -0.05) is 26.8 Å². The van der Waals surface area contributed by atoms with Gasteiger partial charge in [-0.2, -0.15) is 0 Å². The molecule has 0 spiro atoms. The van der Waals surface area contributed by atoms with Crippen molar-refractivity contribution < 1.29 is 4.79 Å². The van der Waals surface area contributed by atoms with Gasteiger partial charge in [-0.15, -0.1) is 0 Å². The number of carbonyl (C=O) groups excluding carboxylic acids is 1. The van der Waals surface area contributed by atoms with Crippen LogP contribution in [-0.4, -0.2) is 28.7 Å². The minimum absolute atomic E-state index is 0.0949. The molecule has 2 rings (SSSR count). The summed E-state index contributed by atoms with van der Waals surface area (Å²) in [7, 11) is 0. The molecule has 0 fully saturated rings. The Hall–Kier alpha value is -2.04. The minimum Gasteiger partial charge on any atom is -0.338 e. The van der Waals surface area contributed by atoms with Crippen LogP contribution in [0, 0.1) is 5.41 Å². The van der Waals surface area contributed by atoms with Gasteiger partial charge < -0.3 is 15.2 Å². The van der Waals surface area contributed by atoms with E-state index in [1.165, 1.54) is 5.56 Å². The summed E-state index contributed by atoms with van der Waals surface area (Å²) in [4.78, 5) is 16.2. The van der Waals surface area contributed by atoms with Gasteiger partial charge in [-0.3, -0.25) is 0 Å². The average molecular weight is 316 g/mol. The Balaban J connectivity index is 1.87. The first kappa shape index (κ1) is 17.3. The number of hydrogen-bond acceptors (Lipinski definition) is 2. The number of nitrogens with zero attached hydrogens (tertiary/aromatic N) is 2. The Kier molecular flexibility index (Phi) is 5.29. The van der Waals surface area contributed by atoms with Crippen LogP contribution >= 0.6 is 0 Å². The van der Waals surface area contributed by atoms with E-state index in [1.807, 2.05) is 6.33 Å². The lowest BCUT2D eigenvalue weighted by Crippen LogP contribution is -2.40. The molecule has 0 aliphatic rings. The third-order valence-corrected chi connectivity index (χ3v) is 3.67. The van der Waals surface area contributed by atoms with Crippen LogP contribution in [0.15, 0.2) is 24.5 Å². The third-order valence-electron chi connectivity index (χ3n) is 3.67. The van der Waals surface area contributed by atoms with Crippen molar-refractivity contribution in [3.8, 4) is 0 Å². The first-order valence-electron chi connectivity index (χ1n) is 8.23. The van der Waals surface area contributed by atoms with Crippen LogP contribution in [0.1, 0.15) is 46.2 Å². The average Bonchev–Trinajstić information content (AvgIpc) is 2.87. The highest BCUT2D eigenvalue weighted by Crippen LogP contribution is 2.18. The molecule has 126 valence electrons. The molecule has 1 heterocycles. The van der Waals surface area contributed by atoms with E-state index < -0.39 is 0 Å². The largest absolute Gasteiger partial charge is 0.338 e. The van der Waals surface area contributed by atoms with Crippen molar-refractivity contribution in [2.75, 3.05) is 13.1 Å². The molecular formula is C18H28N4O. The first-order valence-corrected chi connectivity index (χ1v) is 8.23. The standard InChI is InChI=1S/C18H28N4O/c1-13(2)22-12-21-15-10-14(6-7-16(15)22)8-9-19-17(23)20-11-18(3,4)5/h6-7,10,12-13H,8-9,11H2,1-5H3,(H2,19,20,23). The SMILES string of the molecule is CC(C)n1cnc2cc(CCNC(=O)NCC(C)(C)C)ccc21. The molecule has 0 radical (unpaired) electrons. The summed E-state index contributed by atoms with van der Waals surface area (Å²) in [5, 5.41) is 5.79. The normalized spacial score (nSPS) is 11.9. The fourth-order valence-electron chi connectivity index (χ4n) is 2.37. The smallest absolute Gasteiger partial charge is 0.314 e. The van der Waals surface area contributed by atoms with Crippen LogP contribution in [0.2, 0.25) is 0 Å². The lowest BCUT2D eigenvalue weighted by atomic mass is 9.97. The van der Waals surface area contributed by atoms with Gasteiger partial charge in [-0.05, 0) is 43.4 Å². The number of hydrogen-bond donors (Lipinski definition) is 2. The second-order valence-electron chi connectivity index (χ2n) is 7.49. The van der Waals surface area contributed by atoms with Gasteiger partial charge in [0.25, 0.3) is 0 Å². The van der Waals surface area contributed by atoms with E-state index in [-0.39, 0.29) is 11.4 Å². The molecule has 5 nitrogen and oxygen atoms in total. The van der Waals surface area contributed by atoms with Crippen LogP contribution in [0.3, 0.4) is 0 Å². The molecule has 1 aromatic heterocycles. The van der Waals surface area contributed by atoms with Crippen molar-refractivity contribution in [1.82, 2.24) is 20.2 Å². The van der Waals surface area contributed by atoms with Crippen LogP contribution < -0.4 is 10.6 Å². The van der Waals surface area contributed by atoms with E-state index in [1.54, 1.807) is 0 Å². The maximum Gasteiger partial charge on any atom is 0.314 e. The highest BCUT2D eigenvalue weighted by Gasteiger charge is 2.11. The van der Waals surface area contributed by atoms with Crippen molar-refractivity contribution in [3.05, 3.63) is 30.1 Å². The molecule has 0 saturated carbocycles. The zero-order valence-electron chi connectivity index (χ0n) is 14.8. The van der Waals surface area contributed by atoms with Gasteiger partial charge >= 0.3 is 6.03 Å². The third kappa shape index (κ3) is 4.98. The van der Waals surface area contributed by atoms with Crippen molar-refractivity contribution in [3.63, 3.8) is 0 Å². The van der Waals surface area contributed by atoms with E-state index in [2.05, 4.69) is 73.0 Å². The van der Waals surface area contributed by atoms with E-state index in [4.69, 9.17) is 0 Å². The Morgan fingerprint density at radius 1 is 1.26 bits per heavy atom. The fraction of sp³-hybridized carbons (Fsp3) is 0.556. The molecule has 1 aromatic carbocycles. The van der Waals surface area contributed by atoms with E-state index >= 15 is 0 Å². The molecule has 0 aliphatic carbocycles. The van der Waals surface area contributed by atoms with Gasteiger partial charge in [0.15, 0.2) is 0 Å². The molecule has 0 atom stereocenters. The molecule has 0 bridgehead atoms. The molecule has 5 heteroatoms. The summed E-state index contributed by atoms with van der Waals surface area (Å²) in [6.07, 6.45) is 2.69. The Labute approximate surface area is 138 Å². The van der Waals surface area contributed by atoms with Crippen LogP contribution in [0.4, 0.5) is 4.79 Å². The highest BCUT2D eigenvalue weighted by atomic mass is 16.2. The number of imidazole rings is 1. The number of amides is 2. The molecule has 2 N–H and O–H groups in total. The number of rotatable bonds is 5. The maximum atomic E-state index is 11.7. The number of urea groups is 1. The summed E-state index contributed by atoms with van der Waals surface area (Å²) >= 11 is 0. The number of carbonyl (C=O) groups is 1. The lowest BCUT2D eigenvalue weighted by Gasteiger charge is -2.18. The minimum atomic E-state index is -0.106. The lowest BCUT2D eigenvalue weighted by molar-refractivity contribution is 0.235. The number of benzene rings is 1. The molecule has 0 unspecified atom stereocenters. The van der Waals surface area contributed by atoms with Crippen molar-refractivity contribution in [2.45, 2.75) is 47.1 Å². The number of aromatic nitrogens is 2. The molecule has 0 aliphatic heterocycles.